The van der Waals surface area contributed by atoms with Gasteiger partial charge in [0.2, 0.25) is 0 Å². The van der Waals surface area contributed by atoms with Gasteiger partial charge in [0.25, 0.3) is 5.91 Å². The smallest absolute Gasteiger partial charge is 0.255 e. The van der Waals surface area contributed by atoms with Crippen LogP contribution in [0.5, 0.6) is 0 Å². The number of halogens is 3. The van der Waals surface area contributed by atoms with Crippen LogP contribution in [0.15, 0.2) is 60.8 Å². The second-order valence-corrected chi connectivity index (χ2v) is 8.24. The molecule has 2 heterocycles. The number of carbonyl (C=O) groups excluding carboxylic acids is 1. The van der Waals surface area contributed by atoms with Gasteiger partial charge in [-0.1, -0.05) is 54.4 Å². The molecule has 1 aliphatic rings. The molecule has 0 aliphatic carbocycles. The molecule has 1 fully saturated rings. The maximum atomic E-state index is 13.0. The Labute approximate surface area is 212 Å². The van der Waals surface area contributed by atoms with E-state index < -0.39 is 0 Å². The molecule has 0 unspecified atom stereocenters. The van der Waals surface area contributed by atoms with Crippen molar-refractivity contribution in [2.45, 2.75) is 25.8 Å². The summed E-state index contributed by atoms with van der Waals surface area (Å²) in [5.41, 5.74) is 4.70. The molecule has 33 heavy (non-hydrogen) atoms. The Morgan fingerprint density at radius 3 is 2.42 bits per heavy atom. The lowest BCUT2D eigenvalue weighted by Crippen LogP contribution is -2.29. The zero-order valence-corrected chi connectivity index (χ0v) is 20.9. The van der Waals surface area contributed by atoms with E-state index in [1.54, 1.807) is 19.3 Å². The number of hydrogen-bond acceptors (Lipinski definition) is 4. The second kappa shape index (κ2) is 12.8. The lowest BCUT2D eigenvalue weighted by Gasteiger charge is -2.27. The lowest BCUT2D eigenvalue weighted by atomic mass is 9.96. The number of pyridine rings is 1. The molecule has 1 amide bonds. The highest BCUT2D eigenvalue weighted by atomic mass is 35.5. The summed E-state index contributed by atoms with van der Waals surface area (Å²) in [5.74, 6) is 0.408. The predicted octanol–water partition coefficient (Wildman–Crippen LogP) is 6.53. The molecule has 1 aromatic heterocycles. The maximum absolute atomic E-state index is 13.0. The van der Waals surface area contributed by atoms with Crippen molar-refractivity contribution in [2.24, 2.45) is 0 Å². The highest BCUT2D eigenvalue weighted by Crippen LogP contribution is 2.28. The number of hydrogen-bond donors (Lipinski definition) is 2. The third-order valence-corrected chi connectivity index (χ3v) is 5.92. The first-order chi connectivity index (χ1) is 15.1. The molecular weight excluding hydrogens is 479 g/mol. The minimum atomic E-state index is -0.172. The molecule has 8 heteroatoms. The van der Waals surface area contributed by atoms with E-state index in [1.165, 1.54) is 36.0 Å². The van der Waals surface area contributed by atoms with Crippen LogP contribution >= 0.6 is 36.4 Å². The standard InChI is InChI=1S/C25H27ClN4O.2ClH/c1-27-24-23(26)15-21(16-28-24)29-25(31)19-10-11-22(18-8-4-2-5-9-18)20(14-19)17-30-12-6-3-7-13-30;;/h2,4-5,8-11,14-16H,3,6-7,12-13,17H2,1H3,(H,27,28)(H,29,31);2*1H. The Kier molecular flexibility index (Phi) is 10.5. The molecule has 4 rings (SSSR count). The zero-order chi connectivity index (χ0) is 21.6. The molecule has 1 aliphatic heterocycles. The Morgan fingerprint density at radius 2 is 1.76 bits per heavy atom. The quantitative estimate of drug-likeness (QED) is 0.398. The van der Waals surface area contributed by atoms with E-state index in [0.717, 1.165) is 19.6 Å². The molecule has 0 radical (unpaired) electrons. The topological polar surface area (TPSA) is 57.3 Å². The highest BCUT2D eigenvalue weighted by molar-refractivity contribution is 6.33. The minimum absolute atomic E-state index is 0. The Balaban J connectivity index is 0.00000193. The van der Waals surface area contributed by atoms with Crippen molar-refractivity contribution in [1.29, 1.82) is 0 Å². The number of anilines is 2. The van der Waals surface area contributed by atoms with Crippen LogP contribution in [-0.4, -0.2) is 35.9 Å². The van der Waals surface area contributed by atoms with E-state index in [2.05, 4.69) is 38.7 Å². The lowest BCUT2D eigenvalue weighted by molar-refractivity contribution is 0.102. The predicted molar refractivity (Wildman–Crippen MR) is 142 cm³/mol. The van der Waals surface area contributed by atoms with Crippen LogP contribution in [0.1, 0.15) is 35.2 Å². The highest BCUT2D eigenvalue weighted by Gasteiger charge is 2.16. The number of aromatic nitrogens is 1. The van der Waals surface area contributed by atoms with Crippen LogP contribution in [0.25, 0.3) is 11.1 Å². The van der Waals surface area contributed by atoms with E-state index in [1.807, 2.05) is 30.3 Å². The van der Waals surface area contributed by atoms with Crippen LogP contribution in [0.2, 0.25) is 5.02 Å². The van der Waals surface area contributed by atoms with Gasteiger partial charge in [-0.3, -0.25) is 9.69 Å². The summed E-state index contributed by atoms with van der Waals surface area (Å²) in [5, 5.41) is 6.29. The summed E-state index contributed by atoms with van der Waals surface area (Å²) in [4.78, 5) is 19.7. The first-order valence-corrected chi connectivity index (χ1v) is 11.1. The first-order valence-electron chi connectivity index (χ1n) is 10.7. The van der Waals surface area contributed by atoms with E-state index >= 15 is 0 Å². The molecule has 2 N–H and O–H groups in total. The molecule has 1 saturated heterocycles. The molecule has 0 saturated carbocycles. The fourth-order valence-electron chi connectivity index (χ4n) is 4.02. The van der Waals surface area contributed by atoms with Gasteiger partial charge in [0, 0.05) is 19.2 Å². The summed E-state index contributed by atoms with van der Waals surface area (Å²) in [6, 6.07) is 18.0. The molecule has 3 aromatic rings. The summed E-state index contributed by atoms with van der Waals surface area (Å²) < 4.78 is 0. The van der Waals surface area contributed by atoms with Crippen molar-refractivity contribution in [1.82, 2.24) is 9.88 Å². The van der Waals surface area contributed by atoms with E-state index in [-0.39, 0.29) is 30.7 Å². The number of rotatable bonds is 6. The SMILES string of the molecule is CNc1ncc(NC(=O)c2ccc(-c3ccccc3)c(CN3CCCCC3)c2)cc1Cl.Cl.Cl. The van der Waals surface area contributed by atoms with Crippen LogP contribution in [0, 0.1) is 0 Å². The molecule has 0 atom stereocenters. The Bertz CT molecular complexity index is 1060. The zero-order valence-electron chi connectivity index (χ0n) is 18.5. The Hall–Kier alpha value is -2.31. The number of carbonyl (C=O) groups is 1. The average Bonchev–Trinajstić information content (AvgIpc) is 2.80. The summed E-state index contributed by atoms with van der Waals surface area (Å²) >= 11 is 6.20. The summed E-state index contributed by atoms with van der Waals surface area (Å²) in [7, 11) is 1.75. The van der Waals surface area contributed by atoms with Crippen LogP contribution < -0.4 is 10.6 Å². The maximum Gasteiger partial charge on any atom is 0.255 e. The molecule has 2 aromatic carbocycles. The summed E-state index contributed by atoms with van der Waals surface area (Å²) in [6.07, 6.45) is 5.37. The monoisotopic (exact) mass is 506 g/mol. The number of benzene rings is 2. The average molecular weight is 508 g/mol. The van der Waals surface area contributed by atoms with Gasteiger partial charge in [-0.15, -0.1) is 24.8 Å². The van der Waals surface area contributed by atoms with Gasteiger partial charge < -0.3 is 10.6 Å². The molecule has 5 nitrogen and oxygen atoms in total. The van der Waals surface area contributed by atoms with E-state index in [4.69, 9.17) is 11.6 Å². The summed E-state index contributed by atoms with van der Waals surface area (Å²) in [6.45, 7) is 3.05. The fraction of sp³-hybridized carbons (Fsp3) is 0.280. The van der Waals surface area contributed by atoms with Gasteiger partial charge in [0.05, 0.1) is 16.9 Å². The van der Waals surface area contributed by atoms with Crippen LogP contribution in [0.3, 0.4) is 0 Å². The normalized spacial score (nSPS) is 13.4. The first kappa shape index (κ1) is 26.9. The van der Waals surface area contributed by atoms with E-state index in [9.17, 15) is 4.79 Å². The van der Waals surface area contributed by atoms with Gasteiger partial charge in [-0.05, 0) is 60.8 Å². The largest absolute Gasteiger partial charge is 0.372 e. The number of amides is 1. The fourth-order valence-corrected chi connectivity index (χ4v) is 4.28. The minimum Gasteiger partial charge on any atom is -0.372 e. The number of piperidine rings is 1. The molecule has 0 bridgehead atoms. The third kappa shape index (κ3) is 6.84. The number of nitrogens with zero attached hydrogens (tertiary/aromatic N) is 2. The van der Waals surface area contributed by atoms with Crippen molar-refractivity contribution in [3.8, 4) is 11.1 Å². The van der Waals surface area contributed by atoms with Crippen LogP contribution in [0.4, 0.5) is 11.5 Å². The van der Waals surface area contributed by atoms with Gasteiger partial charge in [-0.2, -0.15) is 0 Å². The number of likely N-dealkylation sites (tertiary alicyclic amines) is 1. The van der Waals surface area contributed by atoms with Crippen molar-refractivity contribution >= 4 is 53.8 Å². The van der Waals surface area contributed by atoms with E-state index in [0.29, 0.717) is 22.1 Å². The third-order valence-electron chi connectivity index (χ3n) is 5.63. The van der Waals surface area contributed by atoms with Crippen molar-refractivity contribution in [3.63, 3.8) is 0 Å². The van der Waals surface area contributed by atoms with Crippen LogP contribution in [-0.2, 0) is 6.54 Å². The van der Waals surface area contributed by atoms with Crippen molar-refractivity contribution in [2.75, 3.05) is 30.8 Å². The Morgan fingerprint density at radius 1 is 1.03 bits per heavy atom. The van der Waals surface area contributed by atoms with Crippen molar-refractivity contribution < 1.29 is 4.79 Å². The second-order valence-electron chi connectivity index (χ2n) is 7.83. The van der Waals surface area contributed by atoms with Gasteiger partial charge in [-0.25, -0.2) is 4.98 Å². The van der Waals surface area contributed by atoms with Gasteiger partial charge in [0.1, 0.15) is 5.82 Å². The molecular formula is C25H29Cl3N4O. The molecule has 0 spiro atoms. The molecule has 176 valence electrons. The number of nitrogens with one attached hydrogen (secondary N) is 2. The van der Waals surface area contributed by atoms with Gasteiger partial charge >= 0.3 is 0 Å². The van der Waals surface area contributed by atoms with Gasteiger partial charge in [0.15, 0.2) is 0 Å². The van der Waals surface area contributed by atoms with Crippen molar-refractivity contribution in [3.05, 3.63) is 76.9 Å².